The second kappa shape index (κ2) is 8.14. The lowest BCUT2D eigenvalue weighted by Gasteiger charge is -2.31. The van der Waals surface area contributed by atoms with Crippen molar-refractivity contribution in [1.82, 2.24) is 4.90 Å². The van der Waals surface area contributed by atoms with Gasteiger partial charge in [0.1, 0.15) is 5.75 Å². The number of rotatable bonds is 3. The van der Waals surface area contributed by atoms with Crippen molar-refractivity contribution >= 4 is 23.2 Å². The second-order valence-electron chi connectivity index (χ2n) is 7.38. The average molecular weight is 452 g/mol. The Morgan fingerprint density at radius 3 is 2.40 bits per heavy atom. The van der Waals surface area contributed by atoms with Crippen LogP contribution in [0, 0.1) is 0 Å². The Morgan fingerprint density at radius 2 is 1.70 bits per heavy atom. The third-order valence-corrected chi connectivity index (χ3v) is 5.93. The maximum Gasteiger partial charge on any atom is 0.417 e. The summed E-state index contributed by atoms with van der Waals surface area (Å²) in [4.78, 5) is 2.20. The number of benzene rings is 3. The minimum atomic E-state index is -4.57. The van der Waals surface area contributed by atoms with Gasteiger partial charge in [-0.1, -0.05) is 47.5 Å². The van der Waals surface area contributed by atoms with E-state index in [9.17, 15) is 18.3 Å². The largest absolute Gasteiger partial charge is 0.507 e. The molecule has 1 heterocycles. The summed E-state index contributed by atoms with van der Waals surface area (Å²) in [7, 11) is 0. The predicted octanol–water partition coefficient (Wildman–Crippen LogP) is 6.94. The summed E-state index contributed by atoms with van der Waals surface area (Å²) in [5.41, 5.74) is 2.78. The molecule has 7 heteroatoms. The topological polar surface area (TPSA) is 23.5 Å². The molecule has 1 aliphatic rings. The predicted molar refractivity (Wildman–Crippen MR) is 113 cm³/mol. The third kappa shape index (κ3) is 4.29. The molecule has 0 radical (unpaired) electrons. The highest BCUT2D eigenvalue weighted by molar-refractivity contribution is 6.31. The zero-order chi connectivity index (χ0) is 21.5. The van der Waals surface area contributed by atoms with E-state index in [2.05, 4.69) is 4.90 Å². The molecule has 3 aromatic carbocycles. The van der Waals surface area contributed by atoms with E-state index < -0.39 is 11.7 Å². The number of halogens is 5. The van der Waals surface area contributed by atoms with Gasteiger partial charge >= 0.3 is 6.18 Å². The molecule has 4 rings (SSSR count). The number of phenols is 1. The number of alkyl halides is 3. The smallest absolute Gasteiger partial charge is 0.417 e. The SMILES string of the molecule is Oc1ccc2c(c1-c1ccc(Cl)c(C(F)(F)F)c1)CN(Cc1ccc(Cl)cc1)CC2. The third-order valence-electron chi connectivity index (χ3n) is 5.35. The van der Waals surface area contributed by atoms with Gasteiger partial charge < -0.3 is 5.11 Å². The second-order valence-corrected chi connectivity index (χ2v) is 8.22. The molecule has 30 heavy (non-hydrogen) atoms. The molecule has 2 nitrogen and oxygen atoms in total. The first-order chi connectivity index (χ1) is 14.2. The first-order valence-corrected chi connectivity index (χ1v) is 10.2. The van der Waals surface area contributed by atoms with E-state index in [1.807, 2.05) is 30.3 Å². The Labute approximate surface area is 182 Å². The summed E-state index contributed by atoms with van der Waals surface area (Å²) in [6, 6.07) is 14.7. The van der Waals surface area contributed by atoms with E-state index in [0.29, 0.717) is 29.2 Å². The van der Waals surface area contributed by atoms with Gasteiger partial charge in [0.25, 0.3) is 0 Å². The van der Waals surface area contributed by atoms with Crippen molar-refractivity contribution in [3.05, 3.63) is 86.9 Å². The van der Waals surface area contributed by atoms with Crippen molar-refractivity contribution < 1.29 is 18.3 Å². The van der Waals surface area contributed by atoms with Crippen LogP contribution in [-0.2, 0) is 25.7 Å². The van der Waals surface area contributed by atoms with Crippen molar-refractivity contribution in [1.29, 1.82) is 0 Å². The van der Waals surface area contributed by atoms with E-state index in [1.165, 1.54) is 12.1 Å². The number of hydrogen-bond donors (Lipinski definition) is 1. The fourth-order valence-corrected chi connectivity index (χ4v) is 4.23. The Bertz CT molecular complexity index is 1080. The fraction of sp³-hybridized carbons (Fsp3) is 0.217. The van der Waals surface area contributed by atoms with Crippen molar-refractivity contribution in [3.8, 4) is 16.9 Å². The molecule has 0 amide bonds. The van der Waals surface area contributed by atoms with Gasteiger partial charge in [-0.15, -0.1) is 0 Å². The Hall–Kier alpha value is -2.21. The number of fused-ring (bicyclic) bond motifs is 1. The van der Waals surface area contributed by atoms with Gasteiger partial charge in [-0.05, 0) is 59.0 Å². The van der Waals surface area contributed by atoms with Gasteiger partial charge in [0.05, 0.1) is 10.6 Å². The minimum absolute atomic E-state index is 0.0439. The lowest BCUT2D eigenvalue weighted by Crippen LogP contribution is -2.30. The molecule has 0 aromatic heterocycles. The number of phenolic OH excluding ortho intramolecular Hbond substituents is 1. The molecule has 0 aliphatic carbocycles. The van der Waals surface area contributed by atoms with Crippen LogP contribution < -0.4 is 0 Å². The molecule has 0 fully saturated rings. The standard InChI is InChI=1S/C23H18Cl2F3NO/c24-17-5-1-14(2-6-17)12-29-10-9-15-4-8-21(30)22(18(15)13-29)16-3-7-20(25)19(11-16)23(26,27)28/h1-8,11,30H,9-10,12-13H2. The van der Waals surface area contributed by atoms with E-state index in [1.54, 1.807) is 6.07 Å². The van der Waals surface area contributed by atoms with Gasteiger partial charge in [-0.25, -0.2) is 0 Å². The lowest BCUT2D eigenvalue weighted by molar-refractivity contribution is -0.137. The van der Waals surface area contributed by atoms with Crippen molar-refractivity contribution in [2.45, 2.75) is 25.7 Å². The molecule has 0 atom stereocenters. The monoisotopic (exact) mass is 451 g/mol. The summed E-state index contributed by atoms with van der Waals surface area (Å²) in [6.45, 7) is 2.01. The molecular weight excluding hydrogens is 434 g/mol. The molecule has 0 saturated carbocycles. The summed E-state index contributed by atoms with van der Waals surface area (Å²) in [6.07, 6.45) is -3.83. The molecule has 156 valence electrons. The lowest BCUT2D eigenvalue weighted by atomic mass is 9.89. The Balaban J connectivity index is 1.71. The van der Waals surface area contributed by atoms with Gasteiger partial charge in [0.15, 0.2) is 0 Å². The Kier molecular flexibility index (Phi) is 5.71. The van der Waals surface area contributed by atoms with Crippen LogP contribution >= 0.6 is 23.2 Å². The van der Waals surface area contributed by atoms with Crippen LogP contribution in [0.25, 0.3) is 11.1 Å². The molecule has 0 saturated heterocycles. The van der Waals surface area contributed by atoms with Crippen molar-refractivity contribution in [2.75, 3.05) is 6.54 Å². The summed E-state index contributed by atoms with van der Waals surface area (Å²) in [5, 5.41) is 10.8. The van der Waals surface area contributed by atoms with Crippen LogP contribution in [0.2, 0.25) is 10.0 Å². The summed E-state index contributed by atoms with van der Waals surface area (Å²) in [5.74, 6) is -0.0439. The van der Waals surface area contributed by atoms with Crippen LogP contribution in [0.1, 0.15) is 22.3 Å². The summed E-state index contributed by atoms with van der Waals surface area (Å²) < 4.78 is 40.1. The van der Waals surface area contributed by atoms with Gasteiger partial charge in [0.2, 0.25) is 0 Å². The number of nitrogens with zero attached hydrogens (tertiary/aromatic N) is 1. The quantitative estimate of drug-likeness (QED) is 0.465. The number of aromatic hydroxyl groups is 1. The van der Waals surface area contributed by atoms with Gasteiger partial charge in [-0.2, -0.15) is 13.2 Å². The van der Waals surface area contributed by atoms with Gasteiger partial charge in [-0.3, -0.25) is 4.90 Å². The highest BCUT2D eigenvalue weighted by atomic mass is 35.5. The minimum Gasteiger partial charge on any atom is -0.507 e. The molecular formula is C23H18Cl2F3NO. The zero-order valence-electron chi connectivity index (χ0n) is 15.8. The molecule has 0 spiro atoms. The van der Waals surface area contributed by atoms with Crippen molar-refractivity contribution in [3.63, 3.8) is 0 Å². The van der Waals surface area contributed by atoms with Gasteiger partial charge in [0, 0.05) is 30.2 Å². The molecule has 3 aromatic rings. The maximum absolute atomic E-state index is 13.4. The van der Waals surface area contributed by atoms with Crippen LogP contribution in [-0.4, -0.2) is 16.6 Å². The molecule has 0 unspecified atom stereocenters. The fourth-order valence-electron chi connectivity index (χ4n) is 3.88. The molecule has 1 N–H and O–H groups in total. The van der Waals surface area contributed by atoms with Crippen LogP contribution in [0.3, 0.4) is 0 Å². The molecule has 1 aliphatic heterocycles. The van der Waals surface area contributed by atoms with E-state index in [0.717, 1.165) is 35.7 Å². The van der Waals surface area contributed by atoms with E-state index in [-0.39, 0.29) is 10.8 Å². The highest BCUT2D eigenvalue weighted by Gasteiger charge is 2.34. The average Bonchev–Trinajstić information content (AvgIpc) is 2.69. The first-order valence-electron chi connectivity index (χ1n) is 9.40. The Morgan fingerprint density at radius 1 is 0.967 bits per heavy atom. The van der Waals surface area contributed by atoms with E-state index >= 15 is 0 Å². The van der Waals surface area contributed by atoms with Crippen LogP contribution in [0.4, 0.5) is 13.2 Å². The van der Waals surface area contributed by atoms with E-state index in [4.69, 9.17) is 23.2 Å². The maximum atomic E-state index is 13.4. The normalized spacial score (nSPS) is 14.6. The number of hydrogen-bond acceptors (Lipinski definition) is 2. The van der Waals surface area contributed by atoms with Crippen molar-refractivity contribution in [2.24, 2.45) is 0 Å². The highest BCUT2D eigenvalue weighted by Crippen LogP contribution is 2.42. The summed E-state index contributed by atoms with van der Waals surface area (Å²) >= 11 is 11.7. The first kappa shape index (κ1) is 21.0. The van der Waals surface area contributed by atoms with Crippen LogP contribution in [0.15, 0.2) is 54.6 Å². The van der Waals surface area contributed by atoms with Crippen LogP contribution in [0.5, 0.6) is 5.75 Å². The molecule has 0 bridgehead atoms. The zero-order valence-corrected chi connectivity index (χ0v) is 17.3.